The van der Waals surface area contributed by atoms with E-state index in [0.29, 0.717) is 11.5 Å². The van der Waals surface area contributed by atoms with Crippen LogP contribution in [0.25, 0.3) is 0 Å². The highest BCUT2D eigenvalue weighted by Crippen LogP contribution is 2.48. The van der Waals surface area contributed by atoms with Crippen LogP contribution in [0.3, 0.4) is 0 Å². The maximum atomic E-state index is 3.60. The molecule has 0 amide bonds. The Hall–Kier alpha value is -0.820. The van der Waals surface area contributed by atoms with Crippen LogP contribution in [0.15, 0.2) is 18.2 Å². The number of nitrogens with one attached hydrogen (secondary N) is 1. The summed E-state index contributed by atoms with van der Waals surface area (Å²) in [4.78, 5) is 0. The predicted molar refractivity (Wildman–Crippen MR) is 74.4 cm³/mol. The summed E-state index contributed by atoms with van der Waals surface area (Å²) in [6.45, 7) is 10.1. The third-order valence-corrected chi connectivity index (χ3v) is 3.91. The van der Waals surface area contributed by atoms with Crippen molar-refractivity contribution in [1.29, 1.82) is 0 Å². The monoisotopic (exact) mass is 231 g/mol. The number of aryl methyl sites for hydroxylation is 2. The zero-order chi connectivity index (χ0) is 12.5. The summed E-state index contributed by atoms with van der Waals surface area (Å²) in [6.07, 6.45) is 4.03. The highest BCUT2D eigenvalue weighted by molar-refractivity contribution is 5.32. The topological polar surface area (TPSA) is 12.0 Å². The predicted octanol–water partition coefficient (Wildman–Crippen LogP) is 3.62. The van der Waals surface area contributed by atoms with Crippen molar-refractivity contribution in [1.82, 2.24) is 5.32 Å². The zero-order valence-electron chi connectivity index (χ0n) is 11.6. The Bertz CT molecular complexity index is 389. The lowest BCUT2D eigenvalue weighted by atomic mass is 9.92. The van der Waals surface area contributed by atoms with Crippen molar-refractivity contribution in [3.05, 3.63) is 34.9 Å². The molecule has 0 bridgehead atoms. The molecule has 2 rings (SSSR count). The standard InChI is InChI=1S/C16H25N/c1-12(2)17-11-16(7-8-16)10-15-9-13(3)5-6-14(15)4/h5-6,9,12,17H,7-8,10-11H2,1-4H3. The van der Waals surface area contributed by atoms with Crippen molar-refractivity contribution in [2.75, 3.05) is 6.54 Å². The van der Waals surface area contributed by atoms with Crippen LogP contribution in [-0.4, -0.2) is 12.6 Å². The van der Waals surface area contributed by atoms with Crippen LogP contribution < -0.4 is 5.32 Å². The van der Waals surface area contributed by atoms with Crippen LogP contribution in [0.1, 0.15) is 43.4 Å². The second kappa shape index (κ2) is 4.81. The van der Waals surface area contributed by atoms with Crippen LogP contribution in [0, 0.1) is 19.3 Å². The van der Waals surface area contributed by atoms with Gasteiger partial charge in [0.25, 0.3) is 0 Å². The quantitative estimate of drug-likeness (QED) is 0.816. The minimum atomic E-state index is 0.558. The van der Waals surface area contributed by atoms with E-state index in [1.54, 1.807) is 5.56 Å². The molecule has 0 aliphatic heterocycles. The smallest absolute Gasteiger partial charge is 0.00134 e. The fraction of sp³-hybridized carbons (Fsp3) is 0.625. The molecular formula is C16H25N. The first-order valence-corrected chi connectivity index (χ1v) is 6.80. The van der Waals surface area contributed by atoms with E-state index in [1.807, 2.05) is 0 Å². The summed E-state index contributed by atoms with van der Waals surface area (Å²) in [6, 6.07) is 7.44. The molecule has 1 aliphatic carbocycles. The number of hydrogen-bond acceptors (Lipinski definition) is 1. The highest BCUT2D eigenvalue weighted by Gasteiger charge is 2.42. The lowest BCUT2D eigenvalue weighted by molar-refractivity contribution is 0.429. The van der Waals surface area contributed by atoms with Crippen LogP contribution >= 0.6 is 0 Å². The average Bonchev–Trinajstić information content (AvgIpc) is 3.02. The highest BCUT2D eigenvalue weighted by atomic mass is 14.9. The van der Waals surface area contributed by atoms with Crippen LogP contribution in [0.2, 0.25) is 0 Å². The third kappa shape index (κ3) is 3.32. The van der Waals surface area contributed by atoms with Gasteiger partial charge in [0.2, 0.25) is 0 Å². The molecule has 1 heteroatoms. The van der Waals surface area contributed by atoms with Crippen molar-refractivity contribution in [2.45, 2.75) is 53.0 Å². The Morgan fingerprint density at radius 3 is 2.53 bits per heavy atom. The van der Waals surface area contributed by atoms with Crippen molar-refractivity contribution in [2.24, 2.45) is 5.41 Å². The molecule has 0 atom stereocenters. The minimum Gasteiger partial charge on any atom is -0.314 e. The Labute approximate surface area is 106 Å². The van der Waals surface area contributed by atoms with E-state index >= 15 is 0 Å². The van der Waals surface area contributed by atoms with Crippen LogP contribution in [0.5, 0.6) is 0 Å². The first kappa shape index (κ1) is 12.6. The number of rotatable bonds is 5. The van der Waals surface area contributed by atoms with Gasteiger partial charge < -0.3 is 5.32 Å². The second-order valence-corrected chi connectivity index (χ2v) is 6.14. The minimum absolute atomic E-state index is 0.558. The summed E-state index contributed by atoms with van der Waals surface area (Å²) in [5.41, 5.74) is 4.95. The molecule has 0 heterocycles. The summed E-state index contributed by atoms with van der Waals surface area (Å²) >= 11 is 0. The first-order chi connectivity index (χ1) is 8.01. The Balaban J connectivity index is 2.02. The molecule has 0 spiro atoms. The van der Waals surface area contributed by atoms with Crippen LogP contribution in [-0.2, 0) is 6.42 Å². The number of benzene rings is 1. The molecule has 0 aromatic heterocycles. The Morgan fingerprint density at radius 1 is 1.24 bits per heavy atom. The van der Waals surface area contributed by atoms with Gasteiger partial charge in [-0.25, -0.2) is 0 Å². The molecule has 1 aromatic rings. The molecule has 1 N–H and O–H groups in total. The zero-order valence-corrected chi connectivity index (χ0v) is 11.6. The van der Waals surface area contributed by atoms with Gasteiger partial charge in [0.05, 0.1) is 0 Å². The molecule has 0 radical (unpaired) electrons. The van der Waals surface area contributed by atoms with Gasteiger partial charge in [-0.3, -0.25) is 0 Å². The van der Waals surface area contributed by atoms with E-state index in [4.69, 9.17) is 0 Å². The lowest BCUT2D eigenvalue weighted by Crippen LogP contribution is -2.31. The van der Waals surface area contributed by atoms with Crippen molar-refractivity contribution >= 4 is 0 Å². The second-order valence-electron chi connectivity index (χ2n) is 6.14. The van der Waals surface area contributed by atoms with E-state index in [2.05, 4.69) is 51.2 Å². The van der Waals surface area contributed by atoms with Gasteiger partial charge in [0, 0.05) is 12.6 Å². The van der Waals surface area contributed by atoms with Gasteiger partial charge in [-0.05, 0) is 49.7 Å². The van der Waals surface area contributed by atoms with Crippen molar-refractivity contribution in [3.63, 3.8) is 0 Å². The van der Waals surface area contributed by atoms with E-state index in [9.17, 15) is 0 Å². The van der Waals surface area contributed by atoms with Crippen LogP contribution in [0.4, 0.5) is 0 Å². The van der Waals surface area contributed by atoms with E-state index in [0.717, 1.165) is 0 Å². The average molecular weight is 231 g/mol. The molecule has 0 unspecified atom stereocenters. The fourth-order valence-electron chi connectivity index (χ4n) is 2.41. The molecule has 1 aromatic carbocycles. The number of hydrogen-bond donors (Lipinski definition) is 1. The summed E-state index contributed by atoms with van der Waals surface area (Å²) in [7, 11) is 0. The third-order valence-electron chi connectivity index (χ3n) is 3.91. The molecule has 1 fully saturated rings. The largest absolute Gasteiger partial charge is 0.314 e. The summed E-state index contributed by atoms with van der Waals surface area (Å²) < 4.78 is 0. The van der Waals surface area contributed by atoms with E-state index in [-0.39, 0.29) is 0 Å². The Kier molecular flexibility index (Phi) is 3.58. The fourth-order valence-corrected chi connectivity index (χ4v) is 2.41. The molecule has 1 aliphatic rings. The Morgan fingerprint density at radius 2 is 1.94 bits per heavy atom. The molecular weight excluding hydrogens is 206 g/mol. The molecule has 1 nitrogen and oxygen atoms in total. The molecule has 17 heavy (non-hydrogen) atoms. The maximum absolute atomic E-state index is 3.60. The molecule has 0 saturated heterocycles. The van der Waals surface area contributed by atoms with Gasteiger partial charge in [0.1, 0.15) is 0 Å². The first-order valence-electron chi connectivity index (χ1n) is 6.80. The van der Waals surface area contributed by atoms with Gasteiger partial charge >= 0.3 is 0 Å². The van der Waals surface area contributed by atoms with Gasteiger partial charge in [-0.1, -0.05) is 37.6 Å². The summed E-state index contributed by atoms with van der Waals surface area (Å²) in [5.74, 6) is 0. The van der Waals surface area contributed by atoms with E-state index < -0.39 is 0 Å². The molecule has 94 valence electrons. The lowest BCUT2D eigenvalue weighted by Gasteiger charge is -2.19. The normalized spacial score (nSPS) is 17.5. The molecule has 1 saturated carbocycles. The van der Waals surface area contributed by atoms with Gasteiger partial charge in [0.15, 0.2) is 0 Å². The SMILES string of the molecule is Cc1ccc(C)c(CC2(CNC(C)C)CC2)c1. The van der Waals surface area contributed by atoms with Gasteiger partial charge in [-0.2, -0.15) is 0 Å². The maximum Gasteiger partial charge on any atom is 0.00134 e. The van der Waals surface area contributed by atoms with Crippen molar-refractivity contribution in [3.8, 4) is 0 Å². The summed E-state index contributed by atoms with van der Waals surface area (Å²) in [5, 5.41) is 3.60. The van der Waals surface area contributed by atoms with E-state index in [1.165, 1.54) is 36.9 Å². The van der Waals surface area contributed by atoms with Gasteiger partial charge in [-0.15, -0.1) is 0 Å². The van der Waals surface area contributed by atoms with Crippen molar-refractivity contribution < 1.29 is 0 Å².